The maximum absolute atomic E-state index is 3.69. The Morgan fingerprint density at radius 3 is 2.75 bits per heavy atom. The van der Waals surface area contributed by atoms with Gasteiger partial charge in [0, 0.05) is 17.1 Å². The molecule has 0 bridgehead atoms. The van der Waals surface area contributed by atoms with E-state index < -0.39 is 0 Å². The predicted octanol–water partition coefficient (Wildman–Crippen LogP) is 4.18. The average Bonchev–Trinajstić information content (AvgIpc) is 2.32. The second kappa shape index (κ2) is 5.83. The predicted molar refractivity (Wildman–Crippen MR) is 72.6 cm³/mol. The van der Waals surface area contributed by atoms with E-state index in [0.29, 0.717) is 0 Å². The van der Waals surface area contributed by atoms with Crippen molar-refractivity contribution in [3.8, 4) is 0 Å². The quantitative estimate of drug-likeness (QED) is 0.877. The first kappa shape index (κ1) is 12.1. The molecular weight excluding hydrogens is 262 g/mol. The Morgan fingerprint density at radius 1 is 1.25 bits per heavy atom. The van der Waals surface area contributed by atoms with Gasteiger partial charge in [0.15, 0.2) is 0 Å². The van der Waals surface area contributed by atoms with Crippen LogP contribution < -0.4 is 5.32 Å². The summed E-state index contributed by atoms with van der Waals surface area (Å²) in [6, 6.07) is 7.19. The van der Waals surface area contributed by atoms with Crippen LogP contribution in [0.15, 0.2) is 22.7 Å². The lowest BCUT2D eigenvalue weighted by Crippen LogP contribution is -2.30. The monoisotopic (exact) mass is 281 g/mol. The number of hydrogen-bond acceptors (Lipinski definition) is 1. The summed E-state index contributed by atoms with van der Waals surface area (Å²) in [5.41, 5.74) is 2.78. The Labute approximate surface area is 107 Å². The lowest BCUT2D eigenvalue weighted by molar-refractivity contribution is 0.372. The van der Waals surface area contributed by atoms with Crippen LogP contribution in [0, 0.1) is 6.92 Å². The summed E-state index contributed by atoms with van der Waals surface area (Å²) in [4.78, 5) is 0. The highest BCUT2D eigenvalue weighted by molar-refractivity contribution is 9.10. The zero-order valence-corrected chi connectivity index (χ0v) is 11.5. The van der Waals surface area contributed by atoms with Crippen LogP contribution in [0.5, 0.6) is 0 Å². The van der Waals surface area contributed by atoms with E-state index >= 15 is 0 Å². The topological polar surface area (TPSA) is 12.0 Å². The molecule has 1 nitrogen and oxygen atoms in total. The smallest absolute Gasteiger partial charge is 0.0211 e. The lowest BCUT2D eigenvalue weighted by Gasteiger charge is -2.23. The normalized spacial score (nSPS) is 17.6. The van der Waals surface area contributed by atoms with Gasteiger partial charge in [0.2, 0.25) is 0 Å². The summed E-state index contributed by atoms with van der Waals surface area (Å²) < 4.78 is 1.22. The van der Waals surface area contributed by atoms with Gasteiger partial charge in [-0.1, -0.05) is 47.3 Å². The minimum Gasteiger partial charge on any atom is -0.310 e. The van der Waals surface area contributed by atoms with Crippen molar-refractivity contribution in [2.75, 3.05) is 0 Å². The molecule has 1 N–H and O–H groups in total. The van der Waals surface area contributed by atoms with Crippen LogP contribution >= 0.6 is 15.9 Å². The van der Waals surface area contributed by atoms with Gasteiger partial charge >= 0.3 is 0 Å². The highest BCUT2D eigenvalue weighted by atomic mass is 79.9. The van der Waals surface area contributed by atoms with Gasteiger partial charge in [-0.05, 0) is 37.0 Å². The molecule has 2 heteroatoms. The molecule has 1 aromatic carbocycles. The molecule has 0 aromatic heterocycles. The van der Waals surface area contributed by atoms with Crippen molar-refractivity contribution < 1.29 is 0 Å². The fourth-order valence-corrected chi connectivity index (χ4v) is 2.81. The van der Waals surface area contributed by atoms with Crippen LogP contribution in [0.2, 0.25) is 0 Å². The van der Waals surface area contributed by atoms with Crippen LogP contribution in [0.3, 0.4) is 0 Å². The van der Waals surface area contributed by atoms with E-state index in [1.165, 1.54) is 47.7 Å². The van der Waals surface area contributed by atoms with Crippen LogP contribution in [-0.4, -0.2) is 6.04 Å². The number of nitrogens with one attached hydrogen (secondary N) is 1. The van der Waals surface area contributed by atoms with Crippen LogP contribution in [-0.2, 0) is 6.54 Å². The Balaban J connectivity index is 1.91. The van der Waals surface area contributed by atoms with E-state index in [0.717, 1.165) is 12.6 Å². The van der Waals surface area contributed by atoms with Crippen molar-refractivity contribution >= 4 is 15.9 Å². The first-order valence-electron chi connectivity index (χ1n) is 6.25. The highest BCUT2D eigenvalue weighted by Crippen LogP contribution is 2.21. The van der Waals surface area contributed by atoms with Crippen LogP contribution in [0.25, 0.3) is 0 Å². The minimum atomic E-state index is 0.743. The maximum atomic E-state index is 3.69. The van der Waals surface area contributed by atoms with Crippen molar-refractivity contribution in [2.45, 2.75) is 51.6 Å². The molecule has 0 radical (unpaired) electrons. The van der Waals surface area contributed by atoms with E-state index in [1.807, 2.05) is 0 Å². The molecule has 2 rings (SSSR count). The molecule has 1 aromatic rings. The molecule has 16 heavy (non-hydrogen) atoms. The van der Waals surface area contributed by atoms with Crippen LogP contribution in [0.1, 0.15) is 43.2 Å². The van der Waals surface area contributed by atoms with Gasteiger partial charge in [-0.3, -0.25) is 0 Å². The number of halogens is 1. The second-order valence-corrected chi connectivity index (χ2v) is 5.59. The molecule has 0 saturated heterocycles. The van der Waals surface area contributed by atoms with Gasteiger partial charge in [-0.2, -0.15) is 0 Å². The summed E-state index contributed by atoms with van der Waals surface area (Å²) in [7, 11) is 0. The number of rotatable bonds is 3. The molecule has 0 aliphatic heterocycles. The summed E-state index contributed by atoms with van der Waals surface area (Å²) in [6.07, 6.45) is 6.93. The summed E-state index contributed by atoms with van der Waals surface area (Å²) >= 11 is 3.58. The van der Waals surface area contributed by atoms with Gasteiger partial charge < -0.3 is 5.32 Å². The highest BCUT2D eigenvalue weighted by Gasteiger charge is 2.12. The maximum Gasteiger partial charge on any atom is 0.0211 e. The molecule has 0 spiro atoms. The molecule has 1 aliphatic carbocycles. The van der Waals surface area contributed by atoms with E-state index in [1.54, 1.807) is 0 Å². The third-order valence-corrected chi connectivity index (χ3v) is 4.43. The largest absolute Gasteiger partial charge is 0.310 e. The molecule has 0 atom stereocenters. The molecular formula is C14H20BrN. The standard InChI is InChI=1S/C14H20BrN/c1-11-12(6-5-9-14(11)15)10-16-13-7-3-2-4-8-13/h5-6,9,13,16H,2-4,7-8,10H2,1H3. The van der Waals surface area contributed by atoms with E-state index in [2.05, 4.69) is 46.4 Å². The zero-order valence-electron chi connectivity index (χ0n) is 9.93. The van der Waals surface area contributed by atoms with Gasteiger partial charge in [-0.15, -0.1) is 0 Å². The van der Waals surface area contributed by atoms with E-state index in [4.69, 9.17) is 0 Å². The van der Waals surface area contributed by atoms with Crippen molar-refractivity contribution in [3.63, 3.8) is 0 Å². The zero-order chi connectivity index (χ0) is 11.4. The second-order valence-electron chi connectivity index (χ2n) is 4.74. The fraction of sp³-hybridized carbons (Fsp3) is 0.571. The Kier molecular flexibility index (Phi) is 4.42. The fourth-order valence-electron chi connectivity index (χ4n) is 2.40. The van der Waals surface area contributed by atoms with Crippen molar-refractivity contribution in [1.29, 1.82) is 0 Å². The number of benzene rings is 1. The SMILES string of the molecule is Cc1c(Br)cccc1CNC1CCCCC1. The van der Waals surface area contributed by atoms with Crippen molar-refractivity contribution in [2.24, 2.45) is 0 Å². The molecule has 1 aliphatic rings. The van der Waals surface area contributed by atoms with Gasteiger partial charge in [-0.25, -0.2) is 0 Å². The van der Waals surface area contributed by atoms with Gasteiger partial charge in [0.1, 0.15) is 0 Å². The molecule has 1 saturated carbocycles. The summed E-state index contributed by atoms with van der Waals surface area (Å²) in [5, 5.41) is 3.69. The van der Waals surface area contributed by atoms with E-state index in [9.17, 15) is 0 Å². The molecule has 0 amide bonds. The Bertz CT molecular complexity index is 343. The Morgan fingerprint density at radius 2 is 2.00 bits per heavy atom. The average molecular weight is 282 g/mol. The van der Waals surface area contributed by atoms with Gasteiger partial charge in [0.25, 0.3) is 0 Å². The van der Waals surface area contributed by atoms with E-state index in [-0.39, 0.29) is 0 Å². The first-order chi connectivity index (χ1) is 7.77. The summed E-state index contributed by atoms with van der Waals surface area (Å²) in [5.74, 6) is 0. The lowest BCUT2D eigenvalue weighted by atomic mass is 9.95. The van der Waals surface area contributed by atoms with Crippen molar-refractivity contribution in [3.05, 3.63) is 33.8 Å². The molecule has 0 unspecified atom stereocenters. The first-order valence-corrected chi connectivity index (χ1v) is 7.04. The molecule has 0 heterocycles. The van der Waals surface area contributed by atoms with Crippen molar-refractivity contribution in [1.82, 2.24) is 5.32 Å². The van der Waals surface area contributed by atoms with Crippen LogP contribution in [0.4, 0.5) is 0 Å². The van der Waals surface area contributed by atoms with Gasteiger partial charge in [0.05, 0.1) is 0 Å². The summed E-state index contributed by atoms with van der Waals surface area (Å²) in [6.45, 7) is 3.19. The third kappa shape index (κ3) is 3.08. The Hall–Kier alpha value is -0.340. The molecule has 88 valence electrons. The minimum absolute atomic E-state index is 0.743. The third-order valence-electron chi connectivity index (χ3n) is 3.57. The molecule has 1 fully saturated rings. The number of hydrogen-bond donors (Lipinski definition) is 1.